The number of carboxylic acids is 1. The molecule has 2 aromatic rings. The molecule has 0 fully saturated rings. The first-order valence-corrected chi connectivity index (χ1v) is 8.25. The quantitative estimate of drug-likeness (QED) is 0.778. The van der Waals surface area contributed by atoms with Gasteiger partial charge in [0.2, 0.25) is 10.0 Å². The minimum atomic E-state index is -3.94. The van der Waals surface area contributed by atoms with Crippen molar-refractivity contribution in [1.82, 2.24) is 9.88 Å². The van der Waals surface area contributed by atoms with Crippen LogP contribution in [0.15, 0.2) is 34.9 Å². The van der Waals surface area contributed by atoms with Crippen molar-refractivity contribution in [2.45, 2.75) is 18.7 Å². The number of aliphatic carboxylic acids is 1. The minimum absolute atomic E-state index is 0.129. The number of aromatic nitrogens is 1. The molecular formula is C14H16N2O6S. The number of aryl methyl sites for hydroxylation is 1. The number of nitrogens with one attached hydrogen (secondary N) is 1. The second kappa shape index (κ2) is 6.80. The van der Waals surface area contributed by atoms with Crippen LogP contribution in [-0.2, 0) is 20.6 Å². The highest BCUT2D eigenvalue weighted by Crippen LogP contribution is 2.21. The molecule has 0 saturated carbocycles. The Balaban J connectivity index is 2.22. The lowest BCUT2D eigenvalue weighted by molar-refractivity contribution is -0.139. The van der Waals surface area contributed by atoms with Crippen LogP contribution in [-0.4, -0.2) is 31.8 Å². The molecule has 2 rings (SSSR count). The summed E-state index contributed by atoms with van der Waals surface area (Å²) in [5.74, 6) is -1.26. The van der Waals surface area contributed by atoms with Crippen LogP contribution in [0.4, 0.5) is 0 Å². The first kappa shape index (κ1) is 17.0. The number of carboxylic acid groups (broad SMARTS) is 1. The third kappa shape index (κ3) is 4.54. The highest BCUT2D eigenvalue weighted by molar-refractivity contribution is 7.88. The van der Waals surface area contributed by atoms with Crippen LogP contribution >= 0.6 is 0 Å². The predicted octanol–water partition coefficient (Wildman–Crippen LogP) is 1.24. The Hall–Kier alpha value is -2.39. The van der Waals surface area contributed by atoms with Gasteiger partial charge < -0.3 is 14.4 Å². The van der Waals surface area contributed by atoms with Gasteiger partial charge in [0, 0.05) is 6.07 Å². The van der Waals surface area contributed by atoms with E-state index in [-0.39, 0.29) is 11.3 Å². The number of ether oxygens (including phenoxy) is 1. The lowest BCUT2D eigenvalue weighted by atomic mass is 10.1. The molecule has 0 aliphatic rings. The van der Waals surface area contributed by atoms with Crippen molar-refractivity contribution in [2.75, 3.05) is 7.11 Å². The molecule has 0 saturated heterocycles. The number of methoxy groups -OCH3 is 1. The Morgan fingerprint density at radius 1 is 1.43 bits per heavy atom. The van der Waals surface area contributed by atoms with Crippen molar-refractivity contribution in [2.24, 2.45) is 0 Å². The maximum atomic E-state index is 12.2. The van der Waals surface area contributed by atoms with E-state index in [2.05, 4.69) is 9.88 Å². The Morgan fingerprint density at radius 3 is 2.74 bits per heavy atom. The predicted molar refractivity (Wildman–Crippen MR) is 80.4 cm³/mol. The molecule has 0 spiro atoms. The van der Waals surface area contributed by atoms with E-state index in [1.807, 2.05) is 0 Å². The van der Waals surface area contributed by atoms with Gasteiger partial charge in [0.15, 0.2) is 5.76 Å². The molecule has 1 aromatic heterocycles. The molecule has 0 bridgehead atoms. The fraction of sp³-hybridized carbons (Fsp3) is 0.286. The number of carbonyl (C=O) groups is 1. The van der Waals surface area contributed by atoms with Gasteiger partial charge in [-0.15, -0.1) is 0 Å². The zero-order valence-corrected chi connectivity index (χ0v) is 13.3. The first-order valence-electron chi connectivity index (χ1n) is 6.59. The molecule has 23 heavy (non-hydrogen) atoms. The van der Waals surface area contributed by atoms with E-state index in [4.69, 9.17) is 9.26 Å². The van der Waals surface area contributed by atoms with E-state index in [1.165, 1.54) is 25.3 Å². The number of nitrogens with zero attached hydrogens (tertiary/aromatic N) is 1. The van der Waals surface area contributed by atoms with Gasteiger partial charge in [-0.25, -0.2) is 8.42 Å². The first-order chi connectivity index (χ1) is 10.8. The van der Waals surface area contributed by atoms with Crippen LogP contribution in [0.25, 0.3) is 0 Å². The van der Waals surface area contributed by atoms with Crippen molar-refractivity contribution in [1.29, 1.82) is 0 Å². The fourth-order valence-electron chi connectivity index (χ4n) is 1.97. The van der Waals surface area contributed by atoms with E-state index in [0.717, 1.165) is 0 Å². The standard InChI is InChI=1S/C14H16N2O6S/c1-9-6-12(22-15-9)8-23(19,20)16-13(14(17)18)10-4-3-5-11(7-10)21-2/h3-7,13,16H,8H2,1-2H3,(H,17,18). The summed E-state index contributed by atoms with van der Waals surface area (Å²) in [6, 6.07) is 6.22. The van der Waals surface area contributed by atoms with Crippen LogP contribution in [0.1, 0.15) is 23.1 Å². The molecule has 0 radical (unpaired) electrons. The number of hydrogen-bond donors (Lipinski definition) is 2. The highest BCUT2D eigenvalue weighted by Gasteiger charge is 2.27. The van der Waals surface area contributed by atoms with Gasteiger partial charge in [0.25, 0.3) is 0 Å². The maximum absolute atomic E-state index is 12.2. The van der Waals surface area contributed by atoms with E-state index in [9.17, 15) is 18.3 Å². The van der Waals surface area contributed by atoms with Crippen molar-refractivity contribution >= 4 is 16.0 Å². The molecule has 0 aliphatic carbocycles. The van der Waals surface area contributed by atoms with Crippen molar-refractivity contribution in [3.05, 3.63) is 47.3 Å². The lowest BCUT2D eigenvalue weighted by Crippen LogP contribution is -2.34. The zero-order valence-electron chi connectivity index (χ0n) is 12.5. The summed E-state index contributed by atoms with van der Waals surface area (Å²) in [6.45, 7) is 1.66. The number of sulfonamides is 1. The smallest absolute Gasteiger partial charge is 0.326 e. The molecule has 8 nitrogen and oxygen atoms in total. The minimum Gasteiger partial charge on any atom is -0.497 e. The normalized spacial score (nSPS) is 12.8. The largest absolute Gasteiger partial charge is 0.497 e. The second-order valence-corrected chi connectivity index (χ2v) is 6.61. The third-order valence-electron chi connectivity index (χ3n) is 2.98. The van der Waals surface area contributed by atoms with Crippen LogP contribution in [0.3, 0.4) is 0 Å². The highest BCUT2D eigenvalue weighted by atomic mass is 32.2. The topological polar surface area (TPSA) is 119 Å². The summed E-state index contributed by atoms with van der Waals surface area (Å²) in [6.07, 6.45) is 0. The van der Waals surface area contributed by atoms with Gasteiger partial charge in [-0.2, -0.15) is 4.72 Å². The molecule has 1 aromatic carbocycles. The van der Waals surface area contributed by atoms with Gasteiger partial charge in [-0.3, -0.25) is 4.79 Å². The molecule has 1 unspecified atom stereocenters. The maximum Gasteiger partial charge on any atom is 0.326 e. The van der Waals surface area contributed by atoms with Crippen LogP contribution < -0.4 is 9.46 Å². The molecule has 124 valence electrons. The third-order valence-corrected chi connectivity index (χ3v) is 4.24. The Labute approximate surface area is 133 Å². The molecule has 2 N–H and O–H groups in total. The van der Waals surface area contributed by atoms with Crippen LogP contribution in [0.2, 0.25) is 0 Å². The monoisotopic (exact) mass is 340 g/mol. The van der Waals surface area contributed by atoms with E-state index in [0.29, 0.717) is 11.4 Å². The molecular weight excluding hydrogens is 324 g/mol. The second-order valence-electron chi connectivity index (χ2n) is 4.86. The fourth-order valence-corrected chi connectivity index (χ4v) is 3.16. The summed E-state index contributed by atoms with van der Waals surface area (Å²) < 4.78 is 36.3. The van der Waals surface area contributed by atoms with Gasteiger partial charge in [0.1, 0.15) is 17.5 Å². The van der Waals surface area contributed by atoms with Crippen molar-refractivity contribution in [3.8, 4) is 5.75 Å². The number of rotatable bonds is 7. The molecule has 1 atom stereocenters. The molecule has 9 heteroatoms. The molecule has 0 aliphatic heterocycles. The Kier molecular flexibility index (Phi) is 5.02. The zero-order chi connectivity index (χ0) is 17.0. The van der Waals surface area contributed by atoms with E-state index in [1.54, 1.807) is 19.1 Å². The Bertz CT molecular complexity index is 799. The van der Waals surface area contributed by atoms with Gasteiger partial charge in [-0.05, 0) is 24.6 Å². The summed E-state index contributed by atoms with van der Waals surface area (Å²) in [4.78, 5) is 11.4. The number of benzene rings is 1. The summed E-state index contributed by atoms with van der Waals surface area (Å²) in [5, 5.41) is 12.9. The summed E-state index contributed by atoms with van der Waals surface area (Å²) in [7, 11) is -2.50. The summed E-state index contributed by atoms with van der Waals surface area (Å²) in [5.41, 5.74) is 0.798. The molecule has 0 amide bonds. The van der Waals surface area contributed by atoms with Crippen molar-refractivity contribution < 1.29 is 27.6 Å². The van der Waals surface area contributed by atoms with E-state index < -0.39 is 27.8 Å². The van der Waals surface area contributed by atoms with Crippen molar-refractivity contribution in [3.63, 3.8) is 0 Å². The number of hydrogen-bond acceptors (Lipinski definition) is 6. The van der Waals surface area contributed by atoms with Crippen LogP contribution in [0.5, 0.6) is 5.75 Å². The average molecular weight is 340 g/mol. The lowest BCUT2D eigenvalue weighted by Gasteiger charge is -2.15. The Morgan fingerprint density at radius 2 is 2.17 bits per heavy atom. The summed E-state index contributed by atoms with van der Waals surface area (Å²) >= 11 is 0. The van der Waals surface area contributed by atoms with Gasteiger partial charge >= 0.3 is 5.97 Å². The van der Waals surface area contributed by atoms with Crippen LogP contribution in [0, 0.1) is 6.92 Å². The van der Waals surface area contributed by atoms with Gasteiger partial charge in [-0.1, -0.05) is 17.3 Å². The van der Waals surface area contributed by atoms with Gasteiger partial charge in [0.05, 0.1) is 12.8 Å². The average Bonchev–Trinajstić information content (AvgIpc) is 2.89. The SMILES string of the molecule is COc1cccc(C(NS(=O)(=O)Cc2cc(C)no2)C(=O)O)c1. The van der Waals surface area contributed by atoms with E-state index >= 15 is 0 Å². The molecule has 1 heterocycles.